The maximum absolute atomic E-state index is 5.99. The quantitative estimate of drug-likeness (QED) is 0.642. The molecule has 0 saturated carbocycles. The molecule has 0 aromatic carbocycles. The summed E-state index contributed by atoms with van der Waals surface area (Å²) < 4.78 is 5.21. The van der Waals surface area contributed by atoms with E-state index in [-0.39, 0.29) is 5.54 Å². The number of nitrogens with two attached hydrogens (primary N) is 1. The van der Waals surface area contributed by atoms with E-state index in [1.165, 1.54) is 12.8 Å². The van der Waals surface area contributed by atoms with Crippen molar-refractivity contribution in [1.82, 2.24) is 4.90 Å². The Bertz CT molecular complexity index is 183. The number of likely N-dealkylation sites (N-methyl/N-ethyl adjacent to an activating group) is 1. The summed E-state index contributed by atoms with van der Waals surface area (Å²) in [5.41, 5.74) is 6.06. The molecular formula is C14H32N2O. The van der Waals surface area contributed by atoms with Crippen LogP contribution in [-0.4, -0.2) is 43.8 Å². The van der Waals surface area contributed by atoms with Gasteiger partial charge in [-0.05, 0) is 25.8 Å². The lowest BCUT2D eigenvalue weighted by Crippen LogP contribution is -2.53. The lowest BCUT2D eigenvalue weighted by Gasteiger charge is -2.42. The van der Waals surface area contributed by atoms with Crippen LogP contribution in [0.2, 0.25) is 0 Å². The predicted molar refractivity (Wildman–Crippen MR) is 75.3 cm³/mol. The molecule has 0 heterocycles. The Kier molecular flexibility index (Phi) is 8.83. The van der Waals surface area contributed by atoms with Crippen LogP contribution in [0.5, 0.6) is 0 Å². The first-order valence-electron chi connectivity index (χ1n) is 7.01. The molecule has 0 aromatic rings. The molecule has 0 amide bonds. The molecule has 104 valence electrons. The van der Waals surface area contributed by atoms with Gasteiger partial charge in [0.05, 0.1) is 0 Å². The van der Waals surface area contributed by atoms with Crippen molar-refractivity contribution in [2.75, 3.05) is 33.4 Å². The van der Waals surface area contributed by atoms with Gasteiger partial charge in [0.15, 0.2) is 0 Å². The number of nitrogens with zero attached hydrogens (tertiary/aromatic N) is 1. The van der Waals surface area contributed by atoms with Gasteiger partial charge in [0, 0.05) is 32.3 Å². The monoisotopic (exact) mass is 244 g/mol. The summed E-state index contributed by atoms with van der Waals surface area (Å²) in [5.74, 6) is 0.781. The Hall–Kier alpha value is -0.120. The fourth-order valence-electron chi connectivity index (χ4n) is 2.30. The summed E-state index contributed by atoms with van der Waals surface area (Å²) in [6.45, 7) is 12.7. The molecule has 1 atom stereocenters. The van der Waals surface area contributed by atoms with Crippen LogP contribution >= 0.6 is 0 Å². The van der Waals surface area contributed by atoms with Gasteiger partial charge < -0.3 is 10.5 Å². The largest absolute Gasteiger partial charge is 0.385 e. The Morgan fingerprint density at radius 2 is 1.82 bits per heavy atom. The molecule has 0 radical (unpaired) electrons. The smallest absolute Gasteiger partial charge is 0.0480 e. The standard InChI is InChI=1S/C14H32N2O/c1-6-13(7-2)11-16(8-3)14(4,12-15)9-10-17-5/h13H,6-12,15H2,1-5H3. The van der Waals surface area contributed by atoms with E-state index in [2.05, 4.69) is 32.6 Å². The first-order chi connectivity index (χ1) is 8.07. The summed E-state index contributed by atoms with van der Waals surface area (Å²) >= 11 is 0. The number of methoxy groups -OCH3 is 1. The molecular weight excluding hydrogens is 212 g/mol. The van der Waals surface area contributed by atoms with E-state index >= 15 is 0 Å². The van der Waals surface area contributed by atoms with Gasteiger partial charge in [-0.1, -0.05) is 33.6 Å². The van der Waals surface area contributed by atoms with E-state index in [0.717, 1.165) is 32.0 Å². The SMILES string of the molecule is CCC(CC)CN(CC)C(C)(CN)CCOC. The molecule has 17 heavy (non-hydrogen) atoms. The van der Waals surface area contributed by atoms with Gasteiger partial charge >= 0.3 is 0 Å². The first kappa shape index (κ1) is 16.9. The van der Waals surface area contributed by atoms with Crippen LogP contribution in [0, 0.1) is 5.92 Å². The van der Waals surface area contributed by atoms with E-state index in [1.807, 2.05) is 0 Å². The normalized spacial score (nSPS) is 15.5. The summed E-state index contributed by atoms with van der Waals surface area (Å²) in [7, 11) is 1.76. The third-order valence-corrected chi connectivity index (χ3v) is 4.06. The van der Waals surface area contributed by atoms with Crippen LogP contribution in [-0.2, 0) is 4.74 Å². The fourth-order valence-corrected chi connectivity index (χ4v) is 2.30. The van der Waals surface area contributed by atoms with Gasteiger partial charge in [0.25, 0.3) is 0 Å². The number of rotatable bonds is 10. The molecule has 0 aliphatic rings. The third-order valence-electron chi connectivity index (χ3n) is 4.06. The van der Waals surface area contributed by atoms with Crippen molar-refractivity contribution < 1.29 is 4.74 Å². The zero-order chi connectivity index (χ0) is 13.3. The number of hydrogen-bond donors (Lipinski definition) is 1. The Morgan fingerprint density at radius 3 is 2.18 bits per heavy atom. The van der Waals surface area contributed by atoms with E-state index in [0.29, 0.717) is 6.54 Å². The molecule has 0 aliphatic carbocycles. The molecule has 0 aromatic heterocycles. The third kappa shape index (κ3) is 5.36. The fraction of sp³-hybridized carbons (Fsp3) is 1.00. The average Bonchev–Trinajstić information content (AvgIpc) is 2.37. The maximum atomic E-state index is 5.99. The van der Waals surface area contributed by atoms with Crippen LogP contribution in [0.4, 0.5) is 0 Å². The van der Waals surface area contributed by atoms with Crippen LogP contribution in [0.15, 0.2) is 0 Å². The molecule has 0 rings (SSSR count). The Balaban J connectivity index is 4.55. The molecule has 3 nitrogen and oxygen atoms in total. The molecule has 0 fully saturated rings. The van der Waals surface area contributed by atoms with Crippen molar-refractivity contribution in [3.8, 4) is 0 Å². The molecule has 3 heteroatoms. The highest BCUT2D eigenvalue weighted by Crippen LogP contribution is 2.22. The lowest BCUT2D eigenvalue weighted by atomic mass is 9.93. The molecule has 0 aliphatic heterocycles. The second-order valence-corrected chi connectivity index (χ2v) is 5.17. The molecule has 0 bridgehead atoms. The second kappa shape index (κ2) is 8.90. The highest BCUT2D eigenvalue weighted by Gasteiger charge is 2.30. The zero-order valence-electron chi connectivity index (χ0n) is 12.5. The minimum Gasteiger partial charge on any atom is -0.385 e. The summed E-state index contributed by atoms with van der Waals surface area (Å²) in [6, 6.07) is 0. The van der Waals surface area contributed by atoms with Crippen LogP contribution < -0.4 is 5.73 Å². The van der Waals surface area contributed by atoms with Crippen molar-refractivity contribution in [2.24, 2.45) is 11.7 Å². The molecule has 1 unspecified atom stereocenters. The van der Waals surface area contributed by atoms with E-state index < -0.39 is 0 Å². The lowest BCUT2D eigenvalue weighted by molar-refractivity contribution is 0.0584. The van der Waals surface area contributed by atoms with Crippen molar-refractivity contribution in [2.45, 2.75) is 52.5 Å². The van der Waals surface area contributed by atoms with Crippen molar-refractivity contribution in [3.63, 3.8) is 0 Å². The minimum absolute atomic E-state index is 0.0767. The highest BCUT2D eigenvalue weighted by atomic mass is 16.5. The average molecular weight is 244 g/mol. The van der Waals surface area contributed by atoms with Crippen molar-refractivity contribution in [3.05, 3.63) is 0 Å². The highest BCUT2D eigenvalue weighted by molar-refractivity contribution is 4.87. The van der Waals surface area contributed by atoms with Crippen LogP contribution in [0.3, 0.4) is 0 Å². The van der Waals surface area contributed by atoms with E-state index in [9.17, 15) is 0 Å². The predicted octanol–water partition coefficient (Wildman–Crippen LogP) is 2.50. The molecule has 2 N–H and O–H groups in total. The summed E-state index contributed by atoms with van der Waals surface area (Å²) in [6.07, 6.45) is 3.50. The minimum atomic E-state index is 0.0767. The zero-order valence-corrected chi connectivity index (χ0v) is 12.5. The number of ether oxygens (including phenoxy) is 1. The van der Waals surface area contributed by atoms with Gasteiger partial charge in [-0.3, -0.25) is 4.90 Å². The summed E-state index contributed by atoms with van der Waals surface area (Å²) in [5, 5.41) is 0. The van der Waals surface area contributed by atoms with Gasteiger partial charge in [-0.25, -0.2) is 0 Å². The van der Waals surface area contributed by atoms with Crippen molar-refractivity contribution in [1.29, 1.82) is 0 Å². The Labute approximate surface area is 108 Å². The summed E-state index contributed by atoms with van der Waals surface area (Å²) in [4.78, 5) is 2.53. The van der Waals surface area contributed by atoms with Gasteiger partial charge in [-0.15, -0.1) is 0 Å². The molecule has 0 saturated heterocycles. The van der Waals surface area contributed by atoms with Crippen LogP contribution in [0.1, 0.15) is 47.0 Å². The topological polar surface area (TPSA) is 38.5 Å². The number of hydrogen-bond acceptors (Lipinski definition) is 3. The second-order valence-electron chi connectivity index (χ2n) is 5.17. The Morgan fingerprint density at radius 1 is 1.24 bits per heavy atom. The molecule has 0 spiro atoms. The van der Waals surface area contributed by atoms with E-state index in [4.69, 9.17) is 10.5 Å². The van der Waals surface area contributed by atoms with E-state index in [1.54, 1.807) is 7.11 Å². The maximum Gasteiger partial charge on any atom is 0.0480 e. The van der Waals surface area contributed by atoms with Crippen LogP contribution in [0.25, 0.3) is 0 Å². The van der Waals surface area contributed by atoms with Crippen molar-refractivity contribution >= 4 is 0 Å². The van der Waals surface area contributed by atoms with Gasteiger partial charge in [0.1, 0.15) is 0 Å². The first-order valence-corrected chi connectivity index (χ1v) is 7.01. The van der Waals surface area contributed by atoms with Gasteiger partial charge in [-0.2, -0.15) is 0 Å². The van der Waals surface area contributed by atoms with Gasteiger partial charge in [0.2, 0.25) is 0 Å².